The van der Waals surface area contributed by atoms with Gasteiger partial charge in [-0.1, -0.05) is 24.3 Å². The van der Waals surface area contributed by atoms with E-state index < -0.39 is 0 Å². The molecule has 0 atom stereocenters. The van der Waals surface area contributed by atoms with E-state index in [1.165, 1.54) is 37.7 Å². The Labute approximate surface area is 248 Å². The molecule has 0 aliphatic carbocycles. The van der Waals surface area contributed by atoms with Crippen LogP contribution in [0.1, 0.15) is 5.69 Å². The molecule has 0 unspecified atom stereocenters. The molecule has 5 aromatic heterocycles. The van der Waals surface area contributed by atoms with Crippen molar-refractivity contribution in [3.05, 3.63) is 114 Å². The van der Waals surface area contributed by atoms with Gasteiger partial charge >= 0.3 is 0 Å². The van der Waals surface area contributed by atoms with E-state index in [4.69, 9.17) is 9.97 Å². The highest BCUT2D eigenvalue weighted by molar-refractivity contribution is 6.50. The van der Waals surface area contributed by atoms with Gasteiger partial charge in [-0.05, 0) is 132 Å². The Morgan fingerprint density at radius 1 is 0.545 bits per heavy atom. The number of fused-ring (bicyclic) bond motifs is 7. The van der Waals surface area contributed by atoms with Crippen molar-refractivity contribution in [3.63, 3.8) is 0 Å². The number of rotatable bonds is 2. The quantitative estimate of drug-likeness (QED) is 0.198. The average Bonchev–Trinajstić information content (AvgIpc) is 3.71. The van der Waals surface area contributed by atoms with Crippen molar-refractivity contribution in [1.29, 1.82) is 0 Å². The summed E-state index contributed by atoms with van der Waals surface area (Å²) in [6.07, 6.45) is 7.33. The molecule has 0 aliphatic heterocycles. The van der Waals surface area contributed by atoms with Gasteiger partial charge in [0.05, 0.1) is 10.9 Å². The van der Waals surface area contributed by atoms with Gasteiger partial charge in [0.15, 0.2) is 11.3 Å². The monoisotopic (exact) mass is 561 g/mol. The zero-order chi connectivity index (χ0) is 28.8. The van der Waals surface area contributed by atoms with E-state index in [0.29, 0.717) is 16.7 Å². The standard InChI is InChI=1S/C38H19N5O/c1-18-2-7-28-36(41-18)42-37-34-26-16-24(19-8-12-39-13-9-19)22-5-3-21-4-6-23-25(20-10-14-40-15-11-20)17-27(35(34)38(44)43(28)37)33-31(23)29(21)30(22)32(26)33/h2-17H,1H3. The lowest BCUT2D eigenvalue weighted by Crippen LogP contribution is -2.06. The predicted octanol–water partition coefficient (Wildman–Crippen LogP) is 8.35. The van der Waals surface area contributed by atoms with Crippen LogP contribution in [0.2, 0.25) is 0 Å². The van der Waals surface area contributed by atoms with Crippen molar-refractivity contribution < 1.29 is 0 Å². The van der Waals surface area contributed by atoms with Crippen LogP contribution in [0, 0.1) is 6.92 Å². The molecule has 0 radical (unpaired) electrons. The van der Waals surface area contributed by atoms with Gasteiger partial charge in [-0.3, -0.25) is 19.2 Å². The van der Waals surface area contributed by atoms with Crippen molar-refractivity contribution in [1.82, 2.24) is 24.3 Å². The second kappa shape index (κ2) is 7.49. The fourth-order valence-corrected chi connectivity index (χ4v) is 7.96. The van der Waals surface area contributed by atoms with Gasteiger partial charge in [-0.2, -0.15) is 0 Å². The maximum atomic E-state index is 14.7. The van der Waals surface area contributed by atoms with Crippen LogP contribution in [0.25, 0.3) is 104 Å². The molecule has 11 rings (SSSR count). The molecule has 0 aliphatic rings. The Morgan fingerprint density at radius 2 is 1.11 bits per heavy atom. The Kier molecular flexibility index (Phi) is 3.84. The molecule has 6 nitrogen and oxygen atoms in total. The smallest absolute Gasteiger partial charge is 0.265 e. The van der Waals surface area contributed by atoms with Crippen LogP contribution in [0.5, 0.6) is 0 Å². The molecule has 6 aromatic carbocycles. The Hall–Kier alpha value is -6.01. The van der Waals surface area contributed by atoms with Crippen molar-refractivity contribution in [2.45, 2.75) is 6.92 Å². The summed E-state index contributed by atoms with van der Waals surface area (Å²) < 4.78 is 1.77. The number of pyridine rings is 3. The summed E-state index contributed by atoms with van der Waals surface area (Å²) in [5, 5.41) is 13.2. The van der Waals surface area contributed by atoms with Crippen LogP contribution in [0.15, 0.2) is 102 Å². The Morgan fingerprint density at radius 3 is 1.73 bits per heavy atom. The molecule has 0 saturated carbocycles. The highest BCUT2D eigenvalue weighted by Gasteiger charge is 2.29. The topological polar surface area (TPSA) is 73.0 Å². The first-order valence-electron chi connectivity index (χ1n) is 14.7. The first-order chi connectivity index (χ1) is 21.7. The second-order valence-electron chi connectivity index (χ2n) is 11.9. The SMILES string of the molecule is Cc1ccc2c(n1)nc1c3c4cc(-c5ccncc5)c5ccc6ccc7c(-c8ccncc8)cc(c3c(=O)n21)c1c7c6c5c41. The lowest BCUT2D eigenvalue weighted by atomic mass is 9.89. The third-order valence-electron chi connectivity index (χ3n) is 9.70. The number of hydrogen-bond donors (Lipinski definition) is 0. The third-order valence-corrected chi connectivity index (χ3v) is 9.70. The third kappa shape index (κ3) is 2.49. The minimum absolute atomic E-state index is 0.0567. The fourth-order valence-electron chi connectivity index (χ4n) is 7.96. The minimum atomic E-state index is -0.0567. The van der Waals surface area contributed by atoms with Crippen molar-refractivity contribution >= 4 is 81.4 Å². The number of aryl methyl sites for hydroxylation is 1. The van der Waals surface area contributed by atoms with Gasteiger partial charge in [-0.15, -0.1) is 0 Å². The maximum Gasteiger partial charge on any atom is 0.265 e. The Bertz CT molecular complexity index is 3000. The molecule has 0 bridgehead atoms. The van der Waals surface area contributed by atoms with Crippen LogP contribution >= 0.6 is 0 Å². The second-order valence-corrected chi connectivity index (χ2v) is 11.9. The van der Waals surface area contributed by atoms with E-state index >= 15 is 0 Å². The average molecular weight is 562 g/mol. The molecule has 11 aromatic rings. The summed E-state index contributed by atoms with van der Waals surface area (Å²) in [4.78, 5) is 33.0. The van der Waals surface area contributed by atoms with Gasteiger partial charge in [0, 0.05) is 35.9 Å². The Balaban J connectivity index is 1.50. The maximum absolute atomic E-state index is 14.7. The molecule has 0 fully saturated rings. The molecule has 44 heavy (non-hydrogen) atoms. The van der Waals surface area contributed by atoms with Crippen molar-refractivity contribution in [2.24, 2.45) is 0 Å². The molecular weight excluding hydrogens is 542 g/mol. The van der Waals surface area contributed by atoms with Gasteiger partial charge < -0.3 is 0 Å². The van der Waals surface area contributed by atoms with E-state index in [9.17, 15) is 4.79 Å². The largest absolute Gasteiger partial charge is 0.268 e. The van der Waals surface area contributed by atoms with Gasteiger partial charge in [0.2, 0.25) is 0 Å². The first kappa shape index (κ1) is 22.6. The highest BCUT2D eigenvalue weighted by atomic mass is 16.1. The summed E-state index contributed by atoms with van der Waals surface area (Å²) in [5.74, 6) is 0. The summed E-state index contributed by atoms with van der Waals surface area (Å²) in [5.41, 5.74) is 7.18. The molecule has 0 spiro atoms. The summed E-state index contributed by atoms with van der Waals surface area (Å²) in [6.45, 7) is 1.95. The van der Waals surface area contributed by atoms with Crippen LogP contribution in [-0.4, -0.2) is 24.3 Å². The predicted molar refractivity (Wildman–Crippen MR) is 178 cm³/mol. The van der Waals surface area contributed by atoms with Crippen molar-refractivity contribution in [2.75, 3.05) is 0 Å². The molecule has 202 valence electrons. The minimum Gasteiger partial charge on any atom is -0.268 e. The van der Waals surface area contributed by atoms with Crippen LogP contribution in [-0.2, 0) is 0 Å². The van der Waals surface area contributed by atoms with Crippen molar-refractivity contribution in [3.8, 4) is 22.3 Å². The lowest BCUT2D eigenvalue weighted by Gasteiger charge is -2.13. The molecular formula is C38H19N5O. The zero-order valence-electron chi connectivity index (χ0n) is 23.4. The van der Waals surface area contributed by atoms with E-state index in [0.717, 1.165) is 55.0 Å². The van der Waals surface area contributed by atoms with Crippen LogP contribution in [0.3, 0.4) is 0 Å². The molecule has 0 N–H and O–H groups in total. The zero-order valence-corrected chi connectivity index (χ0v) is 23.4. The molecule has 5 heterocycles. The van der Waals surface area contributed by atoms with E-state index in [-0.39, 0.29) is 5.56 Å². The number of hydrogen-bond acceptors (Lipinski definition) is 5. The first-order valence-corrected chi connectivity index (χ1v) is 14.7. The van der Waals surface area contributed by atoms with Gasteiger partial charge in [-0.25, -0.2) is 9.97 Å². The molecule has 6 heteroatoms. The van der Waals surface area contributed by atoms with Crippen LogP contribution in [0.4, 0.5) is 0 Å². The van der Waals surface area contributed by atoms with Gasteiger partial charge in [0.25, 0.3) is 5.56 Å². The highest BCUT2D eigenvalue weighted by Crippen LogP contribution is 2.54. The summed E-state index contributed by atoms with van der Waals surface area (Å²) in [7, 11) is 0. The van der Waals surface area contributed by atoms with E-state index in [1.54, 1.807) is 4.40 Å². The number of imidazole rings is 1. The summed E-state index contributed by atoms with van der Waals surface area (Å²) >= 11 is 0. The number of aromatic nitrogens is 5. The summed E-state index contributed by atoms with van der Waals surface area (Å²) in [6, 6.07) is 25.6. The molecule has 0 saturated heterocycles. The number of nitrogens with zero attached hydrogens (tertiary/aromatic N) is 5. The normalized spacial score (nSPS) is 12.8. The van der Waals surface area contributed by atoms with Crippen LogP contribution < -0.4 is 5.56 Å². The van der Waals surface area contributed by atoms with E-state index in [1.807, 2.05) is 56.0 Å². The lowest BCUT2D eigenvalue weighted by molar-refractivity contribution is 1.20. The van der Waals surface area contributed by atoms with E-state index in [2.05, 4.69) is 58.5 Å². The van der Waals surface area contributed by atoms with Gasteiger partial charge in [0.1, 0.15) is 0 Å². The fraction of sp³-hybridized carbons (Fsp3) is 0.0263. The molecule has 0 amide bonds. The number of benzene rings is 5.